The molecule has 1 rings (SSSR count). The van der Waals surface area contributed by atoms with E-state index in [1.54, 1.807) is 6.92 Å². The maximum Gasteiger partial charge on any atom is 0.419 e. The summed E-state index contributed by atoms with van der Waals surface area (Å²) in [4.78, 5) is 4.82. The van der Waals surface area contributed by atoms with Crippen LogP contribution in [0.4, 0.5) is 13.2 Å². The second-order valence-electron chi connectivity index (χ2n) is 4.95. The molecule has 0 saturated heterocycles. The zero-order chi connectivity index (χ0) is 17.0. The van der Waals surface area contributed by atoms with Gasteiger partial charge in [0.2, 0.25) is 0 Å². The van der Waals surface area contributed by atoms with Crippen LogP contribution in [0.15, 0.2) is 18.2 Å². The number of benzene rings is 1. The Balaban J connectivity index is 2.60. The fourth-order valence-corrected chi connectivity index (χ4v) is 1.47. The van der Waals surface area contributed by atoms with Gasteiger partial charge in [-0.05, 0) is 19.1 Å². The summed E-state index contributed by atoms with van der Waals surface area (Å²) >= 11 is 0. The number of ether oxygens (including phenoxy) is 1. The molecule has 0 unspecified atom stereocenters. The van der Waals surface area contributed by atoms with E-state index in [2.05, 4.69) is 5.43 Å². The number of hydrogen-bond donors (Lipinski definition) is 0. The van der Waals surface area contributed by atoms with Crippen molar-refractivity contribution in [1.29, 1.82) is 0 Å². The number of halogens is 3. The van der Waals surface area contributed by atoms with Crippen LogP contribution in [0.2, 0.25) is 0 Å². The largest absolute Gasteiger partial charge is 0.714 e. The number of rotatable bonds is 7. The summed E-state index contributed by atoms with van der Waals surface area (Å²) in [6.45, 7) is 1.16. The highest BCUT2D eigenvalue weighted by Crippen LogP contribution is 2.36. The van der Waals surface area contributed by atoms with E-state index in [-0.39, 0.29) is 24.3 Å². The second-order valence-corrected chi connectivity index (χ2v) is 4.95. The number of alkyl halides is 3. The van der Waals surface area contributed by atoms with E-state index in [0.717, 1.165) is 6.07 Å². The summed E-state index contributed by atoms with van der Waals surface area (Å²) in [6.07, 6.45) is -4.51. The van der Waals surface area contributed by atoms with Gasteiger partial charge < -0.3 is 20.1 Å². The Bertz CT molecular complexity index is 495. The highest BCUT2D eigenvalue weighted by molar-refractivity contribution is 5.38. The zero-order valence-electron chi connectivity index (χ0n) is 12.8. The minimum Gasteiger partial charge on any atom is -0.714 e. The monoisotopic (exact) mass is 322 g/mol. The Kier molecular flexibility index (Phi) is 6.15. The standard InChI is InChI=1S/C13H19F3N3O3/c1-10-5-6-12(11(9-10)13(14,15)16)21-7-8-22-18(20)19(3,4)17-2/h5-6,9H,7-8H2,1-4H3/q-1. The first-order valence-electron chi connectivity index (χ1n) is 6.44. The van der Waals surface area contributed by atoms with Crippen LogP contribution in [-0.4, -0.2) is 44.4 Å². The van der Waals surface area contributed by atoms with Crippen molar-refractivity contribution in [2.45, 2.75) is 13.1 Å². The molecule has 0 radical (unpaired) electrons. The summed E-state index contributed by atoms with van der Waals surface area (Å²) in [7, 11) is 4.40. The SMILES string of the molecule is C[N-][N+](C)(C)N([O-])OCCOc1ccc(C)cc1C(F)(F)F. The molecule has 6 nitrogen and oxygen atoms in total. The van der Waals surface area contributed by atoms with E-state index in [1.165, 1.54) is 33.3 Å². The molecule has 22 heavy (non-hydrogen) atoms. The van der Waals surface area contributed by atoms with Crippen LogP contribution in [-0.2, 0) is 11.0 Å². The smallest absolute Gasteiger partial charge is 0.419 e. The summed E-state index contributed by atoms with van der Waals surface area (Å²) < 4.78 is 43.3. The van der Waals surface area contributed by atoms with Crippen LogP contribution in [0.5, 0.6) is 5.75 Å². The molecule has 0 bridgehead atoms. The van der Waals surface area contributed by atoms with E-state index in [4.69, 9.17) is 9.57 Å². The molecule has 0 amide bonds. The molecule has 0 heterocycles. The van der Waals surface area contributed by atoms with Crippen molar-refractivity contribution in [3.05, 3.63) is 40.0 Å². The molecular formula is C13H19F3N3O3-. The van der Waals surface area contributed by atoms with Crippen molar-refractivity contribution >= 4 is 0 Å². The van der Waals surface area contributed by atoms with Gasteiger partial charge >= 0.3 is 6.18 Å². The van der Waals surface area contributed by atoms with Gasteiger partial charge in [0.05, 0.1) is 19.7 Å². The molecule has 0 atom stereocenters. The van der Waals surface area contributed by atoms with Gasteiger partial charge in [0.25, 0.3) is 0 Å². The minimum atomic E-state index is -4.51. The van der Waals surface area contributed by atoms with Crippen molar-refractivity contribution in [2.24, 2.45) is 0 Å². The maximum absolute atomic E-state index is 12.9. The Hall–Kier alpha value is -1.39. The van der Waals surface area contributed by atoms with Crippen LogP contribution in [0.3, 0.4) is 0 Å². The van der Waals surface area contributed by atoms with Crippen LogP contribution in [0.25, 0.3) is 5.43 Å². The third-order valence-electron chi connectivity index (χ3n) is 2.87. The van der Waals surface area contributed by atoms with E-state index < -0.39 is 16.4 Å². The Morgan fingerprint density at radius 1 is 1.27 bits per heavy atom. The van der Waals surface area contributed by atoms with Gasteiger partial charge in [0, 0.05) is 0 Å². The van der Waals surface area contributed by atoms with Crippen LogP contribution in [0, 0.1) is 12.1 Å². The van der Waals surface area contributed by atoms with E-state index in [9.17, 15) is 18.4 Å². The lowest BCUT2D eigenvalue weighted by molar-refractivity contribution is -1.00. The fourth-order valence-electron chi connectivity index (χ4n) is 1.47. The van der Waals surface area contributed by atoms with E-state index >= 15 is 0 Å². The minimum absolute atomic E-state index is 0.200. The van der Waals surface area contributed by atoms with Gasteiger partial charge in [0.15, 0.2) is 0 Å². The Morgan fingerprint density at radius 2 is 1.91 bits per heavy atom. The molecule has 0 N–H and O–H groups in total. The Labute approximate surface area is 127 Å². The first-order valence-corrected chi connectivity index (χ1v) is 6.44. The molecule has 1 aromatic rings. The molecule has 0 aromatic heterocycles. The van der Waals surface area contributed by atoms with Crippen molar-refractivity contribution < 1.29 is 27.4 Å². The quantitative estimate of drug-likeness (QED) is 0.440. The second kappa shape index (κ2) is 7.25. The van der Waals surface area contributed by atoms with Gasteiger partial charge in [-0.15, -0.1) is 7.05 Å². The molecule has 0 saturated carbocycles. The lowest BCUT2D eigenvalue weighted by Crippen LogP contribution is -2.48. The van der Waals surface area contributed by atoms with Crippen LogP contribution < -0.4 is 4.74 Å². The third kappa shape index (κ3) is 5.11. The average molecular weight is 322 g/mol. The molecular weight excluding hydrogens is 303 g/mol. The predicted molar refractivity (Wildman–Crippen MR) is 74.2 cm³/mol. The van der Waals surface area contributed by atoms with Crippen LogP contribution >= 0.6 is 0 Å². The van der Waals surface area contributed by atoms with Crippen molar-refractivity contribution in [3.8, 4) is 5.75 Å². The van der Waals surface area contributed by atoms with E-state index in [1.807, 2.05) is 0 Å². The lowest BCUT2D eigenvalue weighted by Gasteiger charge is -2.49. The number of quaternary nitrogens is 1. The molecule has 0 aliphatic rings. The summed E-state index contributed by atoms with van der Waals surface area (Å²) in [5.74, 6) is -0.298. The fraction of sp³-hybridized carbons (Fsp3) is 0.538. The molecule has 0 aliphatic carbocycles. The van der Waals surface area contributed by atoms with Gasteiger partial charge in [0.1, 0.15) is 19.0 Å². The van der Waals surface area contributed by atoms with Crippen molar-refractivity contribution in [3.63, 3.8) is 0 Å². The molecule has 126 valence electrons. The Morgan fingerprint density at radius 3 is 2.45 bits per heavy atom. The highest BCUT2D eigenvalue weighted by Gasteiger charge is 2.34. The maximum atomic E-state index is 12.9. The zero-order valence-corrected chi connectivity index (χ0v) is 12.8. The lowest BCUT2D eigenvalue weighted by atomic mass is 10.1. The molecule has 1 aromatic carbocycles. The summed E-state index contributed by atoms with van der Waals surface area (Å²) in [5, 5.41) is 11.7. The molecule has 0 aliphatic heterocycles. The van der Waals surface area contributed by atoms with Gasteiger partial charge in [-0.2, -0.15) is 13.2 Å². The number of hydrogen-bond acceptors (Lipinski definition) is 4. The first kappa shape index (κ1) is 18.7. The predicted octanol–water partition coefficient (Wildman–Crippen LogP) is 3.03. The molecule has 9 heteroatoms. The van der Waals surface area contributed by atoms with Gasteiger partial charge in [-0.3, -0.25) is 4.84 Å². The van der Waals surface area contributed by atoms with Gasteiger partial charge in [-0.25, -0.2) is 0 Å². The van der Waals surface area contributed by atoms with Crippen molar-refractivity contribution in [1.82, 2.24) is 5.34 Å². The number of aryl methyl sites for hydroxylation is 1. The highest BCUT2D eigenvalue weighted by atomic mass is 19.4. The van der Waals surface area contributed by atoms with Gasteiger partial charge in [-0.1, -0.05) is 17.0 Å². The summed E-state index contributed by atoms with van der Waals surface area (Å²) in [5.41, 5.74) is 3.37. The van der Waals surface area contributed by atoms with Crippen LogP contribution in [0.1, 0.15) is 11.1 Å². The van der Waals surface area contributed by atoms with Crippen molar-refractivity contribution in [2.75, 3.05) is 34.4 Å². The average Bonchev–Trinajstić information content (AvgIpc) is 2.43. The third-order valence-corrected chi connectivity index (χ3v) is 2.87. The topological polar surface area (TPSA) is 58.9 Å². The first-order chi connectivity index (χ1) is 10.1. The van der Waals surface area contributed by atoms with E-state index in [0.29, 0.717) is 5.56 Å². The molecule has 0 spiro atoms. The normalized spacial score (nSPS) is 12.8. The summed E-state index contributed by atoms with van der Waals surface area (Å²) in [6, 6.07) is 3.77. The number of nitrogens with zero attached hydrogens (tertiary/aromatic N) is 3. The molecule has 0 fully saturated rings.